The highest BCUT2D eigenvalue weighted by Crippen LogP contribution is 2.21. The number of β-amino-alcohol motifs (C(OH)–C–C–N with tert-alkyl or cyclic N) is 1. The van der Waals surface area contributed by atoms with Crippen molar-refractivity contribution in [1.82, 2.24) is 4.90 Å². The van der Waals surface area contributed by atoms with E-state index < -0.39 is 6.10 Å². The van der Waals surface area contributed by atoms with Crippen LogP contribution < -0.4 is 0 Å². The number of rotatable bonds is 3. The SMILES string of the molecule is C[C@@H]1CCCN1C[C@@H](O)c1ccc(F)cc1. The first-order chi connectivity index (χ1) is 7.66. The van der Waals surface area contributed by atoms with Crippen molar-refractivity contribution in [3.05, 3.63) is 35.6 Å². The smallest absolute Gasteiger partial charge is 0.123 e. The van der Waals surface area contributed by atoms with E-state index in [1.165, 1.54) is 25.0 Å². The maximum Gasteiger partial charge on any atom is 0.123 e. The lowest BCUT2D eigenvalue weighted by atomic mass is 10.1. The molecule has 0 amide bonds. The van der Waals surface area contributed by atoms with Gasteiger partial charge in [-0.15, -0.1) is 0 Å². The monoisotopic (exact) mass is 223 g/mol. The van der Waals surface area contributed by atoms with E-state index in [4.69, 9.17) is 0 Å². The second-order valence-electron chi connectivity index (χ2n) is 4.55. The summed E-state index contributed by atoms with van der Waals surface area (Å²) in [5.41, 5.74) is 0.792. The number of likely N-dealkylation sites (tertiary alicyclic amines) is 1. The molecule has 1 saturated heterocycles. The van der Waals surface area contributed by atoms with Crippen LogP contribution in [0.4, 0.5) is 4.39 Å². The third-order valence-electron chi connectivity index (χ3n) is 3.35. The van der Waals surface area contributed by atoms with Crippen LogP contribution in [0, 0.1) is 5.82 Å². The Labute approximate surface area is 95.7 Å². The lowest BCUT2D eigenvalue weighted by Crippen LogP contribution is -2.31. The van der Waals surface area contributed by atoms with Crippen molar-refractivity contribution in [1.29, 1.82) is 0 Å². The number of benzene rings is 1. The molecule has 0 radical (unpaired) electrons. The molecule has 0 bridgehead atoms. The van der Waals surface area contributed by atoms with Gasteiger partial charge < -0.3 is 5.11 Å². The van der Waals surface area contributed by atoms with E-state index in [-0.39, 0.29) is 5.82 Å². The highest BCUT2D eigenvalue weighted by molar-refractivity contribution is 5.18. The average molecular weight is 223 g/mol. The maximum absolute atomic E-state index is 12.7. The molecule has 88 valence electrons. The highest BCUT2D eigenvalue weighted by atomic mass is 19.1. The Morgan fingerprint density at radius 3 is 2.69 bits per heavy atom. The maximum atomic E-state index is 12.7. The zero-order valence-corrected chi connectivity index (χ0v) is 9.56. The summed E-state index contributed by atoms with van der Waals surface area (Å²) in [5, 5.41) is 10.0. The van der Waals surface area contributed by atoms with E-state index in [0.717, 1.165) is 12.1 Å². The first-order valence-corrected chi connectivity index (χ1v) is 5.84. The highest BCUT2D eigenvalue weighted by Gasteiger charge is 2.22. The van der Waals surface area contributed by atoms with Crippen molar-refractivity contribution < 1.29 is 9.50 Å². The molecule has 1 N–H and O–H groups in total. The van der Waals surface area contributed by atoms with Crippen molar-refractivity contribution in [3.8, 4) is 0 Å². The summed E-state index contributed by atoms with van der Waals surface area (Å²) in [6, 6.07) is 6.65. The fourth-order valence-corrected chi connectivity index (χ4v) is 2.28. The molecule has 1 aliphatic heterocycles. The molecule has 1 aromatic carbocycles. The second kappa shape index (κ2) is 4.93. The third kappa shape index (κ3) is 2.60. The van der Waals surface area contributed by atoms with Crippen molar-refractivity contribution in [2.24, 2.45) is 0 Å². The van der Waals surface area contributed by atoms with Crippen LogP contribution in [0.5, 0.6) is 0 Å². The first kappa shape index (κ1) is 11.6. The molecular formula is C13H18FNO. The van der Waals surface area contributed by atoms with Crippen LogP contribution in [-0.4, -0.2) is 29.1 Å². The Bertz CT molecular complexity index is 338. The Kier molecular flexibility index (Phi) is 3.56. The largest absolute Gasteiger partial charge is 0.387 e. The Morgan fingerprint density at radius 2 is 2.12 bits per heavy atom. The Balaban J connectivity index is 1.97. The molecule has 2 atom stereocenters. The van der Waals surface area contributed by atoms with Gasteiger partial charge in [-0.1, -0.05) is 12.1 Å². The molecule has 2 nitrogen and oxygen atoms in total. The molecule has 1 aliphatic rings. The second-order valence-corrected chi connectivity index (χ2v) is 4.55. The minimum atomic E-state index is -0.513. The van der Waals surface area contributed by atoms with Gasteiger partial charge in [0, 0.05) is 12.6 Å². The quantitative estimate of drug-likeness (QED) is 0.850. The van der Waals surface area contributed by atoms with E-state index in [0.29, 0.717) is 12.6 Å². The van der Waals surface area contributed by atoms with Crippen molar-refractivity contribution in [2.45, 2.75) is 31.9 Å². The molecule has 0 aromatic heterocycles. The number of nitrogens with zero attached hydrogens (tertiary/aromatic N) is 1. The molecule has 0 unspecified atom stereocenters. The number of hydrogen-bond donors (Lipinski definition) is 1. The van der Waals surface area contributed by atoms with Gasteiger partial charge in [0.25, 0.3) is 0 Å². The molecule has 3 heteroatoms. The van der Waals surface area contributed by atoms with E-state index >= 15 is 0 Å². The number of hydrogen-bond acceptors (Lipinski definition) is 2. The molecule has 0 spiro atoms. The summed E-state index contributed by atoms with van der Waals surface area (Å²) in [6.07, 6.45) is 1.90. The first-order valence-electron chi connectivity index (χ1n) is 5.84. The van der Waals surface area contributed by atoms with E-state index in [1.54, 1.807) is 12.1 Å². The summed E-state index contributed by atoms with van der Waals surface area (Å²) in [7, 11) is 0. The molecular weight excluding hydrogens is 205 g/mol. The molecule has 0 saturated carbocycles. The number of halogens is 1. The zero-order valence-electron chi connectivity index (χ0n) is 9.56. The molecule has 1 heterocycles. The Hall–Kier alpha value is -0.930. The number of aliphatic hydroxyl groups excluding tert-OH is 1. The molecule has 0 aliphatic carbocycles. The summed E-state index contributed by atoms with van der Waals surface area (Å²) in [4.78, 5) is 2.29. The average Bonchev–Trinajstić information content (AvgIpc) is 2.65. The number of aliphatic hydroxyl groups is 1. The van der Waals surface area contributed by atoms with Crippen LogP contribution >= 0.6 is 0 Å². The van der Waals surface area contributed by atoms with Crippen LogP contribution in [0.25, 0.3) is 0 Å². The van der Waals surface area contributed by atoms with Crippen LogP contribution in [0.1, 0.15) is 31.4 Å². The summed E-state index contributed by atoms with van der Waals surface area (Å²) >= 11 is 0. The predicted molar refractivity (Wildman–Crippen MR) is 61.6 cm³/mol. The van der Waals surface area contributed by atoms with Crippen LogP contribution in [-0.2, 0) is 0 Å². The van der Waals surface area contributed by atoms with E-state index in [2.05, 4.69) is 11.8 Å². The summed E-state index contributed by atoms with van der Waals surface area (Å²) in [6.45, 7) is 3.89. The van der Waals surface area contributed by atoms with Gasteiger partial charge in [0.1, 0.15) is 5.82 Å². The van der Waals surface area contributed by atoms with Gasteiger partial charge in [-0.05, 0) is 44.0 Å². The summed E-state index contributed by atoms with van der Waals surface area (Å²) < 4.78 is 12.7. The molecule has 1 aromatic rings. The van der Waals surface area contributed by atoms with Gasteiger partial charge in [0.2, 0.25) is 0 Å². The van der Waals surface area contributed by atoms with Crippen molar-refractivity contribution in [2.75, 3.05) is 13.1 Å². The van der Waals surface area contributed by atoms with Gasteiger partial charge in [0.05, 0.1) is 6.10 Å². The minimum absolute atomic E-state index is 0.259. The van der Waals surface area contributed by atoms with Crippen LogP contribution in [0.3, 0.4) is 0 Å². The van der Waals surface area contributed by atoms with Crippen LogP contribution in [0.15, 0.2) is 24.3 Å². The fraction of sp³-hybridized carbons (Fsp3) is 0.538. The van der Waals surface area contributed by atoms with Gasteiger partial charge in [-0.3, -0.25) is 4.90 Å². The molecule has 1 fully saturated rings. The standard InChI is InChI=1S/C13H18FNO/c1-10-3-2-8-15(10)9-13(16)11-4-6-12(14)7-5-11/h4-7,10,13,16H,2-3,8-9H2,1H3/t10-,13-/m1/s1. The van der Waals surface area contributed by atoms with Crippen LogP contribution in [0.2, 0.25) is 0 Å². The molecule has 2 rings (SSSR count). The van der Waals surface area contributed by atoms with E-state index in [9.17, 15) is 9.50 Å². The summed E-state index contributed by atoms with van der Waals surface area (Å²) in [5.74, 6) is -0.259. The zero-order chi connectivity index (χ0) is 11.5. The predicted octanol–water partition coefficient (Wildman–Crippen LogP) is 2.34. The van der Waals surface area contributed by atoms with Gasteiger partial charge in [-0.25, -0.2) is 4.39 Å². The van der Waals surface area contributed by atoms with Gasteiger partial charge in [-0.2, -0.15) is 0 Å². The van der Waals surface area contributed by atoms with E-state index in [1.807, 2.05) is 0 Å². The Morgan fingerprint density at radius 1 is 1.44 bits per heavy atom. The minimum Gasteiger partial charge on any atom is -0.387 e. The fourth-order valence-electron chi connectivity index (χ4n) is 2.28. The van der Waals surface area contributed by atoms with Gasteiger partial charge in [0.15, 0.2) is 0 Å². The molecule has 16 heavy (non-hydrogen) atoms. The lowest BCUT2D eigenvalue weighted by molar-refractivity contribution is 0.110. The third-order valence-corrected chi connectivity index (χ3v) is 3.35. The normalized spacial score (nSPS) is 23.6. The van der Waals surface area contributed by atoms with Gasteiger partial charge >= 0.3 is 0 Å². The topological polar surface area (TPSA) is 23.5 Å². The van der Waals surface area contributed by atoms with Crippen molar-refractivity contribution in [3.63, 3.8) is 0 Å². The van der Waals surface area contributed by atoms with Crippen molar-refractivity contribution >= 4 is 0 Å². The lowest BCUT2D eigenvalue weighted by Gasteiger charge is -2.24.